The Kier molecular flexibility index (Phi) is 4.72. The first-order chi connectivity index (χ1) is 12.2. The summed E-state index contributed by atoms with van der Waals surface area (Å²) < 4.78 is 39.9. The van der Waals surface area contributed by atoms with Crippen molar-refractivity contribution in [3.8, 4) is 5.75 Å². The second-order valence-electron chi connectivity index (χ2n) is 5.89. The topological polar surface area (TPSA) is 90.5 Å². The molecule has 0 bridgehead atoms. The smallest absolute Gasteiger partial charge is 0.420 e. The molecule has 3 aromatic rings. The van der Waals surface area contributed by atoms with Gasteiger partial charge in [-0.2, -0.15) is 0 Å². The molecule has 0 amide bonds. The first kappa shape index (κ1) is 18.3. The first-order valence-electron chi connectivity index (χ1n) is 7.75. The third-order valence-electron chi connectivity index (χ3n) is 3.82. The third-order valence-corrected chi connectivity index (χ3v) is 5.44. The van der Waals surface area contributed by atoms with E-state index in [1.807, 2.05) is 13.8 Å². The normalized spacial score (nSPS) is 11.9. The van der Waals surface area contributed by atoms with Gasteiger partial charge in [-0.25, -0.2) is 13.2 Å². The van der Waals surface area contributed by atoms with Crippen LogP contribution < -0.4 is 15.2 Å². The number of oxazole rings is 1. The zero-order chi connectivity index (χ0) is 19.1. The van der Waals surface area contributed by atoms with E-state index in [-0.39, 0.29) is 33.0 Å². The summed E-state index contributed by atoms with van der Waals surface area (Å²) in [6.07, 6.45) is 0. The molecule has 1 N–H and O–H groups in total. The van der Waals surface area contributed by atoms with Crippen molar-refractivity contribution >= 4 is 38.4 Å². The number of benzene rings is 2. The Labute approximate surface area is 155 Å². The van der Waals surface area contributed by atoms with E-state index in [4.69, 9.17) is 20.8 Å². The summed E-state index contributed by atoms with van der Waals surface area (Å²) >= 11 is 5.93. The molecular formula is C17H17ClN2O5S. The van der Waals surface area contributed by atoms with Crippen molar-refractivity contribution in [3.05, 3.63) is 52.0 Å². The van der Waals surface area contributed by atoms with Crippen LogP contribution in [-0.2, 0) is 10.0 Å². The van der Waals surface area contributed by atoms with Crippen molar-refractivity contribution in [2.24, 2.45) is 0 Å². The molecule has 0 spiro atoms. The van der Waals surface area contributed by atoms with Crippen LogP contribution >= 0.6 is 11.6 Å². The van der Waals surface area contributed by atoms with Crippen molar-refractivity contribution < 1.29 is 17.6 Å². The number of para-hydroxylation sites is 1. The van der Waals surface area contributed by atoms with Gasteiger partial charge < -0.3 is 9.15 Å². The van der Waals surface area contributed by atoms with Crippen LogP contribution in [0.1, 0.15) is 19.9 Å². The van der Waals surface area contributed by atoms with Crippen LogP contribution in [-0.4, -0.2) is 20.1 Å². The number of nitrogens with one attached hydrogen (secondary N) is 1. The van der Waals surface area contributed by atoms with E-state index in [2.05, 4.69) is 4.72 Å². The predicted molar refractivity (Wildman–Crippen MR) is 99.7 cm³/mol. The van der Waals surface area contributed by atoms with Crippen molar-refractivity contribution in [2.75, 3.05) is 11.8 Å². The standard InChI is InChI=1S/C17H17ClN2O5S/c1-10(2)20-13-6-4-5-12(16(13)25-17(20)21)19-26(22,23)15-9-11(18)7-8-14(15)24-3/h4-10,19H,1-3H3. The van der Waals surface area contributed by atoms with Gasteiger partial charge >= 0.3 is 5.76 Å². The van der Waals surface area contributed by atoms with Gasteiger partial charge in [-0.3, -0.25) is 9.29 Å². The van der Waals surface area contributed by atoms with Crippen LogP contribution in [0, 0.1) is 0 Å². The molecule has 0 saturated heterocycles. The van der Waals surface area contributed by atoms with Gasteiger partial charge in [-0.15, -0.1) is 0 Å². The molecule has 0 aliphatic rings. The largest absolute Gasteiger partial charge is 0.495 e. The highest BCUT2D eigenvalue weighted by atomic mass is 35.5. The predicted octanol–water partition coefficient (Wildman–Crippen LogP) is 3.64. The molecule has 1 aromatic heterocycles. The number of hydrogen-bond donors (Lipinski definition) is 1. The molecule has 138 valence electrons. The molecular weight excluding hydrogens is 380 g/mol. The van der Waals surface area contributed by atoms with Gasteiger partial charge in [0, 0.05) is 11.1 Å². The quantitative estimate of drug-likeness (QED) is 0.711. The van der Waals surface area contributed by atoms with Crippen molar-refractivity contribution in [1.29, 1.82) is 0 Å². The maximum absolute atomic E-state index is 12.8. The highest BCUT2D eigenvalue weighted by Crippen LogP contribution is 2.31. The molecule has 0 aliphatic heterocycles. The van der Waals surface area contributed by atoms with Crippen LogP contribution in [0.2, 0.25) is 5.02 Å². The van der Waals surface area contributed by atoms with E-state index in [1.54, 1.807) is 12.1 Å². The lowest BCUT2D eigenvalue weighted by Gasteiger charge is -2.12. The summed E-state index contributed by atoms with van der Waals surface area (Å²) in [4.78, 5) is 12.0. The Morgan fingerprint density at radius 1 is 1.23 bits per heavy atom. The molecule has 0 atom stereocenters. The lowest BCUT2D eigenvalue weighted by Crippen LogP contribution is -2.15. The molecule has 0 saturated carbocycles. The maximum Gasteiger partial charge on any atom is 0.420 e. The minimum absolute atomic E-state index is 0.116. The Morgan fingerprint density at radius 3 is 2.62 bits per heavy atom. The average Bonchev–Trinajstić information content (AvgIpc) is 2.91. The highest BCUT2D eigenvalue weighted by Gasteiger charge is 2.23. The van der Waals surface area contributed by atoms with Crippen molar-refractivity contribution in [3.63, 3.8) is 0 Å². The fourth-order valence-electron chi connectivity index (χ4n) is 2.69. The Balaban J connectivity index is 2.13. The summed E-state index contributed by atoms with van der Waals surface area (Å²) in [7, 11) is -2.66. The van der Waals surface area contributed by atoms with E-state index in [0.29, 0.717) is 5.52 Å². The monoisotopic (exact) mass is 396 g/mol. The van der Waals surface area contributed by atoms with Gasteiger partial charge in [0.1, 0.15) is 10.6 Å². The average molecular weight is 397 g/mol. The van der Waals surface area contributed by atoms with Crippen LogP contribution in [0.15, 0.2) is 50.5 Å². The van der Waals surface area contributed by atoms with Crippen LogP contribution in [0.3, 0.4) is 0 Å². The van der Waals surface area contributed by atoms with Crippen molar-refractivity contribution in [1.82, 2.24) is 4.57 Å². The molecule has 0 radical (unpaired) electrons. The van der Waals surface area contributed by atoms with Gasteiger partial charge in [0.05, 0.1) is 18.3 Å². The number of methoxy groups -OCH3 is 1. The SMILES string of the molecule is COc1ccc(Cl)cc1S(=O)(=O)Nc1cccc2c1oc(=O)n2C(C)C. The molecule has 0 unspecified atom stereocenters. The molecule has 2 aromatic carbocycles. The molecule has 0 fully saturated rings. The fourth-order valence-corrected chi connectivity index (χ4v) is 4.18. The zero-order valence-electron chi connectivity index (χ0n) is 14.3. The number of sulfonamides is 1. The number of fused-ring (bicyclic) bond motifs is 1. The number of anilines is 1. The number of halogens is 1. The maximum atomic E-state index is 12.8. The molecule has 1 heterocycles. The summed E-state index contributed by atoms with van der Waals surface area (Å²) in [5, 5.41) is 0.252. The molecule has 3 rings (SSSR count). The lowest BCUT2D eigenvalue weighted by molar-refractivity contribution is 0.403. The zero-order valence-corrected chi connectivity index (χ0v) is 15.9. The minimum atomic E-state index is -4.02. The highest BCUT2D eigenvalue weighted by molar-refractivity contribution is 7.92. The van der Waals surface area contributed by atoms with Gasteiger partial charge in [-0.1, -0.05) is 17.7 Å². The van der Waals surface area contributed by atoms with E-state index in [1.165, 1.54) is 35.9 Å². The number of rotatable bonds is 5. The second-order valence-corrected chi connectivity index (χ2v) is 7.97. The number of aromatic nitrogens is 1. The Morgan fingerprint density at radius 2 is 1.96 bits per heavy atom. The third kappa shape index (κ3) is 3.17. The molecule has 0 aliphatic carbocycles. The number of ether oxygens (including phenoxy) is 1. The number of hydrogen-bond acceptors (Lipinski definition) is 5. The van der Waals surface area contributed by atoms with E-state index in [0.717, 1.165) is 0 Å². The second kappa shape index (κ2) is 6.69. The number of nitrogens with zero attached hydrogens (tertiary/aromatic N) is 1. The van der Waals surface area contributed by atoms with E-state index in [9.17, 15) is 13.2 Å². The van der Waals surface area contributed by atoms with Gasteiger partial charge in [0.25, 0.3) is 10.0 Å². The van der Waals surface area contributed by atoms with E-state index < -0.39 is 15.8 Å². The molecule has 26 heavy (non-hydrogen) atoms. The Bertz CT molecular complexity index is 1130. The molecule has 7 nitrogen and oxygen atoms in total. The van der Waals surface area contributed by atoms with Gasteiger partial charge in [-0.05, 0) is 44.2 Å². The summed E-state index contributed by atoms with van der Waals surface area (Å²) in [5.41, 5.74) is 0.819. The summed E-state index contributed by atoms with van der Waals surface area (Å²) in [6.45, 7) is 3.67. The van der Waals surface area contributed by atoms with Crippen LogP contribution in [0.4, 0.5) is 5.69 Å². The van der Waals surface area contributed by atoms with Crippen LogP contribution in [0.25, 0.3) is 11.1 Å². The van der Waals surface area contributed by atoms with Gasteiger partial charge in [0.15, 0.2) is 5.58 Å². The lowest BCUT2D eigenvalue weighted by atomic mass is 10.2. The van der Waals surface area contributed by atoms with E-state index >= 15 is 0 Å². The van der Waals surface area contributed by atoms with Gasteiger partial charge in [0.2, 0.25) is 0 Å². The van der Waals surface area contributed by atoms with Crippen molar-refractivity contribution in [2.45, 2.75) is 24.8 Å². The first-order valence-corrected chi connectivity index (χ1v) is 9.61. The summed E-state index contributed by atoms with van der Waals surface area (Å²) in [5.74, 6) is -0.405. The van der Waals surface area contributed by atoms with Crippen LogP contribution in [0.5, 0.6) is 5.75 Å². The Hall–Kier alpha value is -2.45. The molecule has 9 heteroatoms. The minimum Gasteiger partial charge on any atom is -0.495 e. The fraction of sp³-hybridized carbons (Fsp3) is 0.235. The summed E-state index contributed by atoms with van der Waals surface area (Å²) in [6, 6.07) is 9.00.